The van der Waals surface area contributed by atoms with Gasteiger partial charge in [-0.1, -0.05) is 0 Å². The predicted molar refractivity (Wildman–Crippen MR) is 86.0 cm³/mol. The fourth-order valence-electron chi connectivity index (χ4n) is 2.76. The molecule has 1 saturated heterocycles. The Labute approximate surface area is 134 Å². The Hall–Kier alpha value is -2.27. The lowest BCUT2D eigenvalue weighted by Gasteiger charge is -2.25. The van der Waals surface area contributed by atoms with Crippen LogP contribution in [-0.4, -0.2) is 30.1 Å². The van der Waals surface area contributed by atoms with E-state index in [0.717, 1.165) is 25.1 Å². The molecule has 1 fully saturated rings. The second-order valence-corrected chi connectivity index (χ2v) is 5.72. The van der Waals surface area contributed by atoms with Crippen molar-refractivity contribution >= 4 is 11.6 Å². The van der Waals surface area contributed by atoms with Crippen LogP contribution in [-0.2, 0) is 4.74 Å². The van der Waals surface area contributed by atoms with Gasteiger partial charge >= 0.3 is 0 Å². The molecule has 2 aromatic rings. The zero-order chi connectivity index (χ0) is 16.2. The van der Waals surface area contributed by atoms with E-state index in [1.54, 1.807) is 42.4 Å². The van der Waals surface area contributed by atoms with E-state index in [2.05, 4.69) is 4.98 Å². The lowest BCUT2D eigenvalue weighted by atomic mass is 10.1. The van der Waals surface area contributed by atoms with E-state index in [9.17, 15) is 9.18 Å². The van der Waals surface area contributed by atoms with Crippen molar-refractivity contribution in [1.29, 1.82) is 0 Å². The maximum atomic E-state index is 13.5. The van der Waals surface area contributed by atoms with Gasteiger partial charge in [0.1, 0.15) is 5.82 Å². The third-order valence-electron chi connectivity index (χ3n) is 4.03. The molecule has 0 spiro atoms. The van der Waals surface area contributed by atoms with E-state index >= 15 is 0 Å². The largest absolute Gasteiger partial charge is 0.376 e. The number of aryl methyl sites for hydroxylation is 1. The Balaban J connectivity index is 1.89. The van der Waals surface area contributed by atoms with Crippen LogP contribution in [0.3, 0.4) is 0 Å². The van der Waals surface area contributed by atoms with Gasteiger partial charge in [-0.05, 0) is 55.7 Å². The first-order valence-corrected chi connectivity index (χ1v) is 7.75. The van der Waals surface area contributed by atoms with Crippen molar-refractivity contribution in [1.82, 2.24) is 4.98 Å². The number of rotatable bonds is 4. The van der Waals surface area contributed by atoms with Gasteiger partial charge in [0, 0.05) is 30.3 Å². The molecule has 0 radical (unpaired) electrons. The standard InChI is InChI=1S/C18H19FN2O2/c1-13-11-14(4-5-17(13)19)18(22)21(12-16-3-2-10-23-16)15-6-8-20-9-7-15/h4-9,11,16H,2-3,10,12H2,1H3/t16-/m0/s1. The summed E-state index contributed by atoms with van der Waals surface area (Å²) in [6.07, 6.45) is 5.30. The van der Waals surface area contributed by atoms with Crippen molar-refractivity contribution in [3.63, 3.8) is 0 Å². The number of nitrogens with zero attached hydrogens (tertiary/aromatic N) is 2. The van der Waals surface area contributed by atoms with Gasteiger partial charge in [0.05, 0.1) is 12.6 Å². The van der Waals surface area contributed by atoms with Gasteiger partial charge in [-0.15, -0.1) is 0 Å². The first-order chi connectivity index (χ1) is 11.1. The number of amides is 1. The molecule has 0 saturated carbocycles. The molecule has 2 heterocycles. The second kappa shape index (κ2) is 6.87. The summed E-state index contributed by atoms with van der Waals surface area (Å²) in [5.41, 5.74) is 1.70. The number of ether oxygens (including phenoxy) is 1. The molecule has 0 aliphatic carbocycles. The highest BCUT2D eigenvalue weighted by Gasteiger charge is 2.25. The first kappa shape index (κ1) is 15.6. The van der Waals surface area contributed by atoms with E-state index < -0.39 is 0 Å². The molecule has 0 bridgehead atoms. The summed E-state index contributed by atoms with van der Waals surface area (Å²) in [7, 11) is 0. The Bertz CT molecular complexity index is 685. The number of hydrogen-bond acceptors (Lipinski definition) is 3. The normalized spacial score (nSPS) is 17.2. The number of pyridine rings is 1. The Kier molecular flexibility index (Phi) is 4.67. The van der Waals surface area contributed by atoms with Gasteiger partial charge < -0.3 is 9.64 Å². The minimum absolute atomic E-state index is 0.0358. The maximum Gasteiger partial charge on any atom is 0.258 e. The third-order valence-corrected chi connectivity index (χ3v) is 4.03. The number of aromatic nitrogens is 1. The van der Waals surface area contributed by atoms with Crippen LogP contribution in [0, 0.1) is 12.7 Å². The van der Waals surface area contributed by atoms with E-state index in [0.29, 0.717) is 17.7 Å². The zero-order valence-corrected chi connectivity index (χ0v) is 13.0. The van der Waals surface area contributed by atoms with Crippen LogP contribution in [0.1, 0.15) is 28.8 Å². The number of hydrogen-bond donors (Lipinski definition) is 0. The SMILES string of the molecule is Cc1cc(C(=O)N(C[C@@H]2CCCO2)c2ccncc2)ccc1F. The average molecular weight is 314 g/mol. The number of benzene rings is 1. The molecule has 1 atom stereocenters. The topological polar surface area (TPSA) is 42.4 Å². The molecule has 0 N–H and O–H groups in total. The summed E-state index contributed by atoms with van der Waals surface area (Å²) in [6.45, 7) is 2.88. The second-order valence-electron chi connectivity index (χ2n) is 5.72. The number of carbonyl (C=O) groups excluding carboxylic acids is 1. The number of halogens is 1. The van der Waals surface area contributed by atoms with E-state index in [1.807, 2.05) is 0 Å². The predicted octanol–water partition coefficient (Wildman–Crippen LogP) is 3.35. The molecule has 1 amide bonds. The summed E-state index contributed by atoms with van der Waals surface area (Å²) >= 11 is 0. The van der Waals surface area contributed by atoms with Gasteiger partial charge in [-0.2, -0.15) is 0 Å². The molecule has 0 unspecified atom stereocenters. The monoisotopic (exact) mass is 314 g/mol. The van der Waals surface area contributed by atoms with Crippen LogP contribution in [0.25, 0.3) is 0 Å². The Morgan fingerprint density at radius 2 is 2.13 bits per heavy atom. The molecule has 5 heteroatoms. The van der Waals surface area contributed by atoms with Crippen molar-refractivity contribution in [3.05, 3.63) is 59.7 Å². The smallest absolute Gasteiger partial charge is 0.258 e. The van der Waals surface area contributed by atoms with Crippen LogP contribution in [0.2, 0.25) is 0 Å². The molecule has 120 valence electrons. The summed E-state index contributed by atoms with van der Waals surface area (Å²) < 4.78 is 19.1. The zero-order valence-electron chi connectivity index (χ0n) is 13.0. The van der Waals surface area contributed by atoms with E-state index in [-0.39, 0.29) is 17.8 Å². The molecule has 1 aromatic carbocycles. The highest BCUT2D eigenvalue weighted by molar-refractivity contribution is 6.06. The molecule has 3 rings (SSSR count). The van der Waals surface area contributed by atoms with Crippen molar-refractivity contribution in [2.45, 2.75) is 25.9 Å². The molecule has 1 aromatic heterocycles. The van der Waals surface area contributed by atoms with Gasteiger partial charge in [0.25, 0.3) is 5.91 Å². The van der Waals surface area contributed by atoms with Gasteiger partial charge in [0.2, 0.25) is 0 Å². The Morgan fingerprint density at radius 3 is 2.78 bits per heavy atom. The van der Waals surface area contributed by atoms with Crippen molar-refractivity contribution < 1.29 is 13.9 Å². The fourth-order valence-corrected chi connectivity index (χ4v) is 2.76. The lowest BCUT2D eigenvalue weighted by molar-refractivity contribution is 0.0917. The highest BCUT2D eigenvalue weighted by atomic mass is 19.1. The minimum Gasteiger partial charge on any atom is -0.376 e. The van der Waals surface area contributed by atoms with Crippen LogP contribution in [0.15, 0.2) is 42.7 Å². The van der Waals surface area contributed by atoms with Crippen LogP contribution < -0.4 is 4.90 Å². The summed E-state index contributed by atoms with van der Waals surface area (Å²) in [5, 5.41) is 0. The van der Waals surface area contributed by atoms with Crippen LogP contribution >= 0.6 is 0 Å². The van der Waals surface area contributed by atoms with Gasteiger partial charge in [-0.25, -0.2) is 4.39 Å². The highest BCUT2D eigenvalue weighted by Crippen LogP contribution is 2.21. The van der Waals surface area contributed by atoms with E-state index in [4.69, 9.17) is 4.74 Å². The molecule has 23 heavy (non-hydrogen) atoms. The van der Waals surface area contributed by atoms with E-state index in [1.165, 1.54) is 12.1 Å². The minimum atomic E-state index is -0.309. The van der Waals surface area contributed by atoms with Crippen molar-refractivity contribution in [2.75, 3.05) is 18.1 Å². The number of anilines is 1. The molecule has 1 aliphatic rings. The Morgan fingerprint density at radius 1 is 1.35 bits per heavy atom. The summed E-state index contributed by atoms with van der Waals surface area (Å²) in [6, 6.07) is 8.03. The lowest BCUT2D eigenvalue weighted by Crippen LogP contribution is -2.37. The summed E-state index contributed by atoms with van der Waals surface area (Å²) in [4.78, 5) is 18.6. The molecular weight excluding hydrogens is 295 g/mol. The van der Waals surface area contributed by atoms with Gasteiger partial charge in [-0.3, -0.25) is 9.78 Å². The molecular formula is C18H19FN2O2. The molecule has 1 aliphatic heterocycles. The fraction of sp³-hybridized carbons (Fsp3) is 0.333. The quantitative estimate of drug-likeness (QED) is 0.869. The number of carbonyl (C=O) groups is 1. The first-order valence-electron chi connectivity index (χ1n) is 7.75. The van der Waals surface area contributed by atoms with Crippen LogP contribution in [0.5, 0.6) is 0 Å². The molecule has 4 nitrogen and oxygen atoms in total. The van der Waals surface area contributed by atoms with Crippen LogP contribution in [0.4, 0.5) is 10.1 Å². The van der Waals surface area contributed by atoms with Gasteiger partial charge in [0.15, 0.2) is 0 Å². The average Bonchev–Trinajstić information content (AvgIpc) is 3.08. The van der Waals surface area contributed by atoms with Crippen molar-refractivity contribution in [3.8, 4) is 0 Å². The third kappa shape index (κ3) is 3.56. The maximum absolute atomic E-state index is 13.5. The summed E-state index contributed by atoms with van der Waals surface area (Å²) in [5.74, 6) is -0.467. The van der Waals surface area contributed by atoms with Crippen molar-refractivity contribution in [2.24, 2.45) is 0 Å².